The van der Waals surface area contributed by atoms with Crippen LogP contribution < -0.4 is 9.64 Å². The average Bonchev–Trinajstić information content (AvgIpc) is 2.67. The fraction of sp³-hybridized carbons (Fsp3) is 0.429. The first-order valence-corrected chi connectivity index (χ1v) is 10.1. The van der Waals surface area contributed by atoms with Gasteiger partial charge in [-0.2, -0.15) is 4.98 Å². The summed E-state index contributed by atoms with van der Waals surface area (Å²) in [5.41, 5.74) is -0.461. The number of carbonyl (C=O) groups excluding carboxylic acids is 1. The second kappa shape index (κ2) is 9.21. The van der Waals surface area contributed by atoms with Gasteiger partial charge in [-0.05, 0) is 32.9 Å². The van der Waals surface area contributed by atoms with Crippen molar-refractivity contribution < 1.29 is 27.4 Å². The van der Waals surface area contributed by atoms with Gasteiger partial charge in [0.1, 0.15) is 18.0 Å². The third-order valence-electron chi connectivity index (χ3n) is 4.49. The third kappa shape index (κ3) is 5.94. The van der Waals surface area contributed by atoms with E-state index in [0.717, 1.165) is 6.07 Å². The second-order valence-corrected chi connectivity index (χ2v) is 8.50. The highest BCUT2D eigenvalue weighted by Crippen LogP contribution is 2.26. The Hall–Kier alpha value is -2.68. The number of halogens is 4. The molecule has 31 heavy (non-hydrogen) atoms. The Labute approximate surface area is 183 Å². The lowest BCUT2D eigenvalue weighted by Gasteiger charge is -2.36. The van der Waals surface area contributed by atoms with Crippen molar-refractivity contribution >= 4 is 23.5 Å². The van der Waals surface area contributed by atoms with Crippen LogP contribution in [0.1, 0.15) is 26.3 Å². The van der Waals surface area contributed by atoms with Crippen molar-refractivity contribution in [1.82, 2.24) is 9.88 Å². The van der Waals surface area contributed by atoms with Gasteiger partial charge in [0, 0.05) is 42.8 Å². The summed E-state index contributed by atoms with van der Waals surface area (Å²) in [6, 6.07) is 4.68. The monoisotopic (exact) mass is 457 g/mol. The number of nitrogens with zero attached hydrogens (tertiary/aromatic N) is 3. The van der Waals surface area contributed by atoms with Crippen molar-refractivity contribution in [3.8, 4) is 5.88 Å². The van der Waals surface area contributed by atoms with Crippen LogP contribution in [0.2, 0.25) is 5.02 Å². The zero-order valence-electron chi connectivity index (χ0n) is 17.4. The molecule has 0 spiro atoms. The summed E-state index contributed by atoms with van der Waals surface area (Å²) in [5, 5.41) is 0.222. The molecule has 1 aliphatic rings. The summed E-state index contributed by atoms with van der Waals surface area (Å²) >= 11 is 5.71. The number of aromatic nitrogens is 1. The fourth-order valence-electron chi connectivity index (χ4n) is 2.98. The predicted octanol–water partition coefficient (Wildman–Crippen LogP) is 4.79. The first kappa shape index (κ1) is 23.0. The van der Waals surface area contributed by atoms with Crippen LogP contribution >= 0.6 is 11.6 Å². The molecular weight excluding hydrogens is 435 g/mol. The maximum atomic E-state index is 14.4. The number of hydrogen-bond donors (Lipinski definition) is 0. The summed E-state index contributed by atoms with van der Waals surface area (Å²) in [6.07, 6.45) is -0.450. The molecule has 0 atom stereocenters. The van der Waals surface area contributed by atoms with Crippen LogP contribution in [-0.2, 0) is 11.3 Å². The summed E-state index contributed by atoms with van der Waals surface area (Å²) in [4.78, 5) is 19.2. The van der Waals surface area contributed by atoms with E-state index in [4.69, 9.17) is 21.1 Å². The molecule has 1 aromatic heterocycles. The van der Waals surface area contributed by atoms with E-state index in [0.29, 0.717) is 19.2 Å². The molecule has 10 heteroatoms. The molecule has 0 bridgehead atoms. The normalized spacial score (nSPS) is 14.5. The summed E-state index contributed by atoms with van der Waals surface area (Å²) < 4.78 is 53.1. The molecule has 1 amide bonds. The summed E-state index contributed by atoms with van der Waals surface area (Å²) in [5.74, 6) is -3.00. The van der Waals surface area contributed by atoms with E-state index in [-0.39, 0.29) is 36.1 Å². The fourth-order valence-corrected chi connectivity index (χ4v) is 3.13. The molecule has 6 nitrogen and oxygen atoms in total. The number of benzene rings is 1. The quantitative estimate of drug-likeness (QED) is 0.661. The standard InChI is InChI=1S/C21H23ClF3N3O3/c1-21(2,3)31-20(29)28-8-6-27(7-9-28)18-16(24)11-17(25)19(26-18)30-12-13-4-5-14(22)10-15(13)23/h4-5,10-11H,6-9,12H2,1-3H3. The Kier molecular flexibility index (Phi) is 6.83. The van der Waals surface area contributed by atoms with Crippen LogP contribution in [0.5, 0.6) is 5.88 Å². The lowest BCUT2D eigenvalue weighted by molar-refractivity contribution is 0.0240. The Morgan fingerprint density at radius 1 is 1.06 bits per heavy atom. The van der Waals surface area contributed by atoms with Gasteiger partial charge in [-0.25, -0.2) is 18.0 Å². The van der Waals surface area contributed by atoms with Gasteiger partial charge in [0.15, 0.2) is 17.5 Å². The molecule has 1 aromatic carbocycles. The molecule has 2 heterocycles. The topological polar surface area (TPSA) is 54.9 Å². The van der Waals surface area contributed by atoms with E-state index in [1.807, 2.05) is 0 Å². The SMILES string of the molecule is CC(C)(C)OC(=O)N1CCN(c2nc(OCc3ccc(Cl)cc3F)c(F)cc2F)CC1. The molecule has 0 N–H and O–H groups in total. The molecule has 2 aromatic rings. The Morgan fingerprint density at radius 2 is 1.74 bits per heavy atom. The van der Waals surface area contributed by atoms with Gasteiger partial charge in [0.25, 0.3) is 5.88 Å². The van der Waals surface area contributed by atoms with Gasteiger partial charge in [-0.15, -0.1) is 0 Å². The maximum Gasteiger partial charge on any atom is 0.410 e. The van der Waals surface area contributed by atoms with Crippen molar-refractivity contribution in [2.75, 3.05) is 31.1 Å². The minimum Gasteiger partial charge on any atom is -0.471 e. The van der Waals surface area contributed by atoms with Crippen LogP contribution in [0.25, 0.3) is 0 Å². The number of hydrogen-bond acceptors (Lipinski definition) is 5. The van der Waals surface area contributed by atoms with Crippen LogP contribution in [0, 0.1) is 17.5 Å². The molecule has 3 rings (SSSR count). The van der Waals surface area contributed by atoms with E-state index in [9.17, 15) is 18.0 Å². The second-order valence-electron chi connectivity index (χ2n) is 8.06. The minimum atomic E-state index is -0.997. The summed E-state index contributed by atoms with van der Waals surface area (Å²) in [7, 11) is 0. The van der Waals surface area contributed by atoms with E-state index < -0.39 is 35.0 Å². The molecule has 1 aliphatic heterocycles. The van der Waals surface area contributed by atoms with Crippen molar-refractivity contribution in [2.24, 2.45) is 0 Å². The number of amides is 1. The van der Waals surface area contributed by atoms with E-state index >= 15 is 0 Å². The molecular formula is C21H23ClF3N3O3. The Morgan fingerprint density at radius 3 is 2.35 bits per heavy atom. The zero-order chi connectivity index (χ0) is 22.8. The maximum absolute atomic E-state index is 14.4. The van der Waals surface area contributed by atoms with Crippen molar-refractivity contribution in [3.05, 3.63) is 52.3 Å². The van der Waals surface area contributed by atoms with Crippen LogP contribution in [0.4, 0.5) is 23.8 Å². The van der Waals surface area contributed by atoms with E-state index in [2.05, 4.69) is 4.98 Å². The van der Waals surface area contributed by atoms with Crippen molar-refractivity contribution in [1.29, 1.82) is 0 Å². The highest BCUT2D eigenvalue weighted by molar-refractivity contribution is 6.30. The van der Waals surface area contributed by atoms with Crippen LogP contribution in [-0.4, -0.2) is 47.8 Å². The minimum absolute atomic E-state index is 0.100. The smallest absolute Gasteiger partial charge is 0.410 e. The highest BCUT2D eigenvalue weighted by atomic mass is 35.5. The van der Waals surface area contributed by atoms with Gasteiger partial charge >= 0.3 is 6.09 Å². The van der Waals surface area contributed by atoms with Gasteiger partial charge in [-0.1, -0.05) is 17.7 Å². The van der Waals surface area contributed by atoms with Gasteiger partial charge in [0.05, 0.1) is 0 Å². The number of pyridine rings is 1. The largest absolute Gasteiger partial charge is 0.471 e. The molecule has 0 aliphatic carbocycles. The lowest BCUT2D eigenvalue weighted by Crippen LogP contribution is -2.50. The molecule has 0 unspecified atom stereocenters. The molecule has 1 saturated heterocycles. The Balaban J connectivity index is 1.68. The predicted molar refractivity (Wildman–Crippen MR) is 110 cm³/mol. The molecule has 168 valence electrons. The summed E-state index contributed by atoms with van der Waals surface area (Å²) in [6.45, 7) is 6.16. The third-order valence-corrected chi connectivity index (χ3v) is 4.72. The molecule has 0 radical (unpaired) electrons. The van der Waals surface area contributed by atoms with Crippen molar-refractivity contribution in [2.45, 2.75) is 33.0 Å². The number of carbonyl (C=O) groups is 1. The number of anilines is 1. The Bertz CT molecular complexity index is 961. The number of ether oxygens (including phenoxy) is 2. The highest BCUT2D eigenvalue weighted by Gasteiger charge is 2.28. The first-order valence-electron chi connectivity index (χ1n) is 9.69. The van der Waals surface area contributed by atoms with Gasteiger partial charge in [-0.3, -0.25) is 0 Å². The number of rotatable bonds is 4. The number of piperazine rings is 1. The van der Waals surface area contributed by atoms with E-state index in [1.54, 1.807) is 25.7 Å². The van der Waals surface area contributed by atoms with Gasteiger partial charge in [0.2, 0.25) is 0 Å². The van der Waals surface area contributed by atoms with Crippen LogP contribution in [0.3, 0.4) is 0 Å². The van der Waals surface area contributed by atoms with Crippen LogP contribution in [0.15, 0.2) is 24.3 Å². The first-order chi connectivity index (χ1) is 14.5. The molecule has 0 saturated carbocycles. The van der Waals surface area contributed by atoms with Crippen molar-refractivity contribution in [3.63, 3.8) is 0 Å². The van der Waals surface area contributed by atoms with E-state index in [1.165, 1.54) is 17.0 Å². The zero-order valence-corrected chi connectivity index (χ0v) is 18.2. The average molecular weight is 458 g/mol. The molecule has 1 fully saturated rings. The van der Waals surface area contributed by atoms with Gasteiger partial charge < -0.3 is 19.3 Å². The lowest BCUT2D eigenvalue weighted by atomic mass is 10.2.